The fourth-order valence-electron chi connectivity index (χ4n) is 3.65. The molecule has 0 bridgehead atoms. The summed E-state index contributed by atoms with van der Waals surface area (Å²) in [5.41, 5.74) is 1.45. The normalized spacial score (nSPS) is 25.0. The molecule has 0 spiro atoms. The Hall–Kier alpha value is -1.91. The number of nitrogens with zero attached hydrogens (tertiary/aromatic N) is 1. The zero-order valence-electron chi connectivity index (χ0n) is 10.7. The van der Waals surface area contributed by atoms with Crippen molar-refractivity contribution in [2.75, 3.05) is 0 Å². The van der Waals surface area contributed by atoms with Crippen LogP contribution in [-0.4, -0.2) is 15.8 Å². The first-order valence-corrected chi connectivity index (χ1v) is 6.57. The Labute approximate surface area is 110 Å². The lowest BCUT2D eigenvalue weighted by atomic mass is 9.78. The Balaban J connectivity index is 2.24. The number of rotatable bonds is 1. The van der Waals surface area contributed by atoms with E-state index in [1.165, 1.54) is 6.07 Å². The number of hydrogen-bond acceptors (Lipinski definition) is 4. The summed E-state index contributed by atoms with van der Waals surface area (Å²) in [6.45, 7) is 1.79. The third-order valence-electron chi connectivity index (χ3n) is 4.44. The summed E-state index contributed by atoms with van der Waals surface area (Å²) in [6.07, 6.45) is 3.85. The Bertz CT molecular complexity index is 594. The first kappa shape index (κ1) is 12.1. The van der Waals surface area contributed by atoms with E-state index in [2.05, 4.69) is 0 Å². The van der Waals surface area contributed by atoms with Crippen molar-refractivity contribution in [2.24, 2.45) is 5.92 Å². The van der Waals surface area contributed by atoms with Gasteiger partial charge in [0.05, 0.1) is 10.5 Å². The van der Waals surface area contributed by atoms with E-state index in [9.17, 15) is 20.0 Å². The second-order valence-electron chi connectivity index (χ2n) is 5.47. The van der Waals surface area contributed by atoms with E-state index in [4.69, 9.17) is 0 Å². The minimum atomic E-state index is -0.627. The number of phenols is 1. The molecule has 0 aromatic heterocycles. The van der Waals surface area contributed by atoms with Gasteiger partial charge in [0.1, 0.15) is 0 Å². The van der Waals surface area contributed by atoms with E-state index < -0.39 is 10.7 Å². The number of hydrogen-bond donors (Lipinski definition) is 1. The highest BCUT2D eigenvalue weighted by Gasteiger charge is 2.45. The molecular weight excluding hydrogens is 246 g/mol. The molecule has 5 heteroatoms. The third kappa shape index (κ3) is 1.57. The molecular formula is C14H15NO4. The molecule has 0 aliphatic heterocycles. The zero-order valence-corrected chi connectivity index (χ0v) is 10.7. The standard InChI is InChI=1S/C14H15NO4/c1-7-6-10(15(18)19)14(17)12-11(7)8-4-2-3-5-9(8)13(12)16/h6,8-9,17H,2-5H2,1H3. The van der Waals surface area contributed by atoms with Gasteiger partial charge in [-0.3, -0.25) is 14.9 Å². The Morgan fingerprint density at radius 1 is 1.32 bits per heavy atom. The number of nitro benzene ring substituents is 1. The number of phenolic OH excluding ortho intramolecular Hbond substituents is 1. The molecule has 0 saturated heterocycles. The van der Waals surface area contributed by atoms with Crippen LogP contribution in [0, 0.1) is 23.0 Å². The number of carbonyl (C=O) groups excluding carboxylic acids is 1. The lowest BCUT2D eigenvalue weighted by molar-refractivity contribution is -0.385. The van der Waals surface area contributed by atoms with Crippen LogP contribution in [0.5, 0.6) is 5.75 Å². The molecule has 2 aliphatic rings. The van der Waals surface area contributed by atoms with Gasteiger partial charge in [-0.1, -0.05) is 12.8 Å². The number of nitro groups is 1. The number of aromatic hydroxyl groups is 1. The summed E-state index contributed by atoms with van der Waals surface area (Å²) >= 11 is 0. The summed E-state index contributed by atoms with van der Waals surface area (Å²) in [5, 5.41) is 21.0. The van der Waals surface area contributed by atoms with Crippen molar-refractivity contribution < 1.29 is 14.8 Å². The van der Waals surface area contributed by atoms with E-state index in [0.717, 1.165) is 36.8 Å². The van der Waals surface area contributed by atoms with Crippen LogP contribution in [0.4, 0.5) is 5.69 Å². The maximum absolute atomic E-state index is 12.4. The van der Waals surface area contributed by atoms with Gasteiger partial charge in [-0.2, -0.15) is 0 Å². The molecule has 2 aliphatic carbocycles. The zero-order chi connectivity index (χ0) is 13.7. The van der Waals surface area contributed by atoms with Crippen molar-refractivity contribution in [1.29, 1.82) is 0 Å². The third-order valence-corrected chi connectivity index (χ3v) is 4.44. The van der Waals surface area contributed by atoms with E-state index in [1.807, 2.05) is 0 Å². The van der Waals surface area contributed by atoms with E-state index in [-0.39, 0.29) is 28.9 Å². The lowest BCUT2D eigenvalue weighted by Crippen LogP contribution is -2.17. The van der Waals surface area contributed by atoms with Crippen molar-refractivity contribution in [1.82, 2.24) is 0 Å². The summed E-state index contributed by atoms with van der Waals surface area (Å²) < 4.78 is 0. The molecule has 100 valence electrons. The number of fused-ring (bicyclic) bond motifs is 3. The van der Waals surface area contributed by atoms with Crippen LogP contribution in [0.25, 0.3) is 0 Å². The van der Waals surface area contributed by atoms with E-state index in [1.54, 1.807) is 6.92 Å². The topological polar surface area (TPSA) is 80.4 Å². The number of ketones is 1. The van der Waals surface area contributed by atoms with Crippen LogP contribution >= 0.6 is 0 Å². The summed E-state index contributed by atoms with van der Waals surface area (Å²) in [6, 6.07) is 1.39. The van der Waals surface area contributed by atoms with Crippen molar-refractivity contribution in [3.05, 3.63) is 32.9 Å². The van der Waals surface area contributed by atoms with Crippen LogP contribution in [0.1, 0.15) is 53.1 Å². The number of Topliss-reactive ketones (excluding diaryl/α,β-unsaturated/α-hetero) is 1. The Morgan fingerprint density at radius 2 is 1.95 bits per heavy atom. The van der Waals surface area contributed by atoms with Crippen molar-refractivity contribution >= 4 is 11.5 Å². The summed E-state index contributed by atoms with van der Waals surface area (Å²) in [7, 11) is 0. The first-order chi connectivity index (χ1) is 9.02. The van der Waals surface area contributed by atoms with Gasteiger partial charge in [0.25, 0.3) is 0 Å². The molecule has 0 heterocycles. The maximum Gasteiger partial charge on any atom is 0.311 e. The van der Waals surface area contributed by atoms with Crippen LogP contribution in [0.15, 0.2) is 6.07 Å². The van der Waals surface area contributed by atoms with Gasteiger partial charge in [-0.15, -0.1) is 0 Å². The van der Waals surface area contributed by atoms with Crippen LogP contribution in [0.3, 0.4) is 0 Å². The van der Waals surface area contributed by atoms with E-state index in [0.29, 0.717) is 0 Å². The van der Waals surface area contributed by atoms with Gasteiger partial charge in [0, 0.05) is 12.0 Å². The highest BCUT2D eigenvalue weighted by Crippen LogP contribution is 2.52. The lowest BCUT2D eigenvalue weighted by Gasteiger charge is -2.24. The van der Waals surface area contributed by atoms with Crippen molar-refractivity contribution in [3.63, 3.8) is 0 Å². The van der Waals surface area contributed by atoms with Gasteiger partial charge in [-0.05, 0) is 36.8 Å². The SMILES string of the molecule is Cc1cc([N+](=O)[O-])c(O)c2c1C1CCCCC1C2=O. The molecule has 1 N–H and O–H groups in total. The molecule has 0 amide bonds. The van der Waals surface area contributed by atoms with Crippen LogP contribution < -0.4 is 0 Å². The second kappa shape index (κ2) is 4.05. The van der Waals surface area contributed by atoms with Gasteiger partial charge < -0.3 is 5.11 Å². The first-order valence-electron chi connectivity index (χ1n) is 6.57. The average Bonchev–Trinajstić information content (AvgIpc) is 2.69. The number of aryl methyl sites for hydroxylation is 1. The monoisotopic (exact) mass is 261 g/mol. The Morgan fingerprint density at radius 3 is 2.58 bits per heavy atom. The predicted molar refractivity (Wildman–Crippen MR) is 68.5 cm³/mol. The highest BCUT2D eigenvalue weighted by molar-refractivity contribution is 6.07. The molecule has 0 radical (unpaired) electrons. The Kier molecular flexibility index (Phi) is 2.59. The summed E-state index contributed by atoms with van der Waals surface area (Å²) in [4.78, 5) is 22.7. The minimum absolute atomic E-state index is 0.0876. The quantitative estimate of drug-likeness (QED) is 0.622. The highest BCUT2D eigenvalue weighted by atomic mass is 16.6. The van der Waals surface area contributed by atoms with Gasteiger partial charge in [0.15, 0.2) is 5.78 Å². The van der Waals surface area contributed by atoms with Gasteiger partial charge in [0.2, 0.25) is 5.75 Å². The molecule has 19 heavy (non-hydrogen) atoms. The molecule has 1 aromatic carbocycles. The fourth-order valence-corrected chi connectivity index (χ4v) is 3.65. The van der Waals surface area contributed by atoms with Crippen molar-refractivity contribution in [2.45, 2.75) is 38.5 Å². The summed E-state index contributed by atoms with van der Waals surface area (Å²) in [5.74, 6) is -0.493. The smallest absolute Gasteiger partial charge is 0.311 e. The molecule has 1 saturated carbocycles. The fraction of sp³-hybridized carbons (Fsp3) is 0.500. The predicted octanol–water partition coefficient (Wildman–Crippen LogP) is 3.08. The van der Waals surface area contributed by atoms with Crippen LogP contribution in [0.2, 0.25) is 0 Å². The maximum atomic E-state index is 12.4. The molecule has 2 atom stereocenters. The number of benzene rings is 1. The van der Waals surface area contributed by atoms with Gasteiger partial charge in [-0.25, -0.2) is 0 Å². The average molecular weight is 261 g/mol. The minimum Gasteiger partial charge on any atom is -0.502 e. The number of carbonyl (C=O) groups is 1. The molecule has 2 unspecified atom stereocenters. The van der Waals surface area contributed by atoms with Gasteiger partial charge >= 0.3 is 5.69 Å². The molecule has 1 fully saturated rings. The van der Waals surface area contributed by atoms with Crippen LogP contribution in [-0.2, 0) is 0 Å². The molecule has 3 rings (SSSR count). The largest absolute Gasteiger partial charge is 0.502 e. The van der Waals surface area contributed by atoms with E-state index >= 15 is 0 Å². The van der Waals surface area contributed by atoms with Crippen molar-refractivity contribution in [3.8, 4) is 5.75 Å². The molecule has 5 nitrogen and oxygen atoms in total. The molecule has 1 aromatic rings. The second-order valence-corrected chi connectivity index (χ2v) is 5.47.